The first kappa shape index (κ1) is 30.3. The van der Waals surface area contributed by atoms with Crippen LogP contribution in [0.15, 0.2) is 54.1 Å². The third kappa shape index (κ3) is 6.02. The number of carbonyl (C=O) groups is 2. The number of likely N-dealkylation sites (N-methyl/N-ethyl adjacent to an activating group) is 1. The summed E-state index contributed by atoms with van der Waals surface area (Å²) in [6, 6.07) is 13.9. The van der Waals surface area contributed by atoms with Gasteiger partial charge in [0.15, 0.2) is 0 Å². The van der Waals surface area contributed by atoms with Gasteiger partial charge in [0, 0.05) is 36.0 Å². The van der Waals surface area contributed by atoms with E-state index in [0.717, 1.165) is 53.6 Å². The van der Waals surface area contributed by atoms with Crippen LogP contribution in [0.2, 0.25) is 5.02 Å². The number of carbonyl (C=O) groups excluding carboxylic acids is 2. The number of hydrogen-bond acceptors (Lipinski definition) is 5. The van der Waals surface area contributed by atoms with Gasteiger partial charge in [0.2, 0.25) is 5.88 Å². The second-order valence-electron chi connectivity index (χ2n) is 10.0. The van der Waals surface area contributed by atoms with E-state index in [1.165, 1.54) is 16.1 Å². The average molecular weight is 575 g/mol. The SMILES string of the molecule is CC.CCC(C)c1c(NC(=O)C2=CCNN(C)C2=O)cccc1-c1cccc(-c2cc3c(c(OC)n2)CCC3)c1Cl. The minimum absolute atomic E-state index is 0.119. The molecule has 7 nitrogen and oxygen atoms in total. The van der Waals surface area contributed by atoms with E-state index >= 15 is 0 Å². The second kappa shape index (κ2) is 13.3. The molecule has 0 saturated heterocycles. The lowest BCUT2D eigenvalue weighted by Crippen LogP contribution is -2.46. The van der Waals surface area contributed by atoms with Crippen molar-refractivity contribution in [2.45, 2.75) is 59.3 Å². The lowest BCUT2D eigenvalue weighted by molar-refractivity contribution is -0.131. The Labute approximate surface area is 247 Å². The molecule has 1 atom stereocenters. The van der Waals surface area contributed by atoms with E-state index in [0.29, 0.717) is 23.1 Å². The molecule has 0 bridgehead atoms. The Balaban J connectivity index is 0.00000189. The number of methoxy groups -OCH3 is 1. The molecule has 1 aromatic heterocycles. The number of rotatable bonds is 7. The van der Waals surface area contributed by atoms with Gasteiger partial charge in [0.1, 0.15) is 5.57 Å². The van der Waals surface area contributed by atoms with E-state index in [9.17, 15) is 9.59 Å². The van der Waals surface area contributed by atoms with E-state index in [1.807, 2.05) is 50.2 Å². The summed E-state index contributed by atoms with van der Waals surface area (Å²) < 4.78 is 5.63. The van der Waals surface area contributed by atoms with Crippen molar-refractivity contribution in [1.82, 2.24) is 15.4 Å². The molecule has 2 aromatic carbocycles. The Morgan fingerprint density at radius 3 is 2.59 bits per heavy atom. The molecular formula is C33H39ClN4O3. The Bertz CT molecular complexity index is 1480. The summed E-state index contributed by atoms with van der Waals surface area (Å²) in [4.78, 5) is 30.6. The molecule has 1 aliphatic heterocycles. The van der Waals surface area contributed by atoms with Gasteiger partial charge in [-0.15, -0.1) is 0 Å². The van der Waals surface area contributed by atoms with Crippen molar-refractivity contribution in [3.63, 3.8) is 0 Å². The number of amides is 2. The first-order chi connectivity index (χ1) is 19.8. The van der Waals surface area contributed by atoms with Gasteiger partial charge in [-0.2, -0.15) is 0 Å². The van der Waals surface area contributed by atoms with Gasteiger partial charge in [-0.1, -0.05) is 75.7 Å². The maximum Gasteiger partial charge on any atom is 0.273 e. The van der Waals surface area contributed by atoms with E-state index in [2.05, 4.69) is 30.7 Å². The lowest BCUT2D eigenvalue weighted by Gasteiger charge is -2.25. The first-order valence-electron chi connectivity index (χ1n) is 14.4. The molecule has 0 saturated carbocycles. The minimum atomic E-state index is -0.427. The standard InChI is InChI=1S/C31H33ClN4O3.C2H6/c1-5-18(2)27-21(11-8-14-25(27)34-29(37)24-15-16-33-36(3)31(24)38)22-12-7-13-23(28(22)32)26-17-19-9-6-10-20(19)30(35-26)39-4;1-2/h7-8,11-15,17-18,33H,5-6,9-10,16H2,1-4H3,(H,34,37);1-2H3. The maximum absolute atomic E-state index is 13.2. The minimum Gasteiger partial charge on any atom is -0.481 e. The van der Waals surface area contributed by atoms with Crippen LogP contribution in [0.1, 0.15) is 63.1 Å². The fourth-order valence-electron chi connectivity index (χ4n) is 5.44. The molecule has 216 valence electrons. The zero-order valence-electron chi connectivity index (χ0n) is 24.7. The van der Waals surface area contributed by atoms with Crippen molar-refractivity contribution in [2.24, 2.45) is 0 Å². The van der Waals surface area contributed by atoms with E-state index < -0.39 is 5.91 Å². The molecule has 0 fully saturated rings. The molecule has 5 rings (SSSR count). The summed E-state index contributed by atoms with van der Waals surface area (Å²) in [7, 11) is 3.26. The van der Waals surface area contributed by atoms with Gasteiger partial charge < -0.3 is 10.1 Å². The summed E-state index contributed by atoms with van der Waals surface area (Å²) >= 11 is 7.12. The number of halogens is 1. The molecule has 0 spiro atoms. The zero-order chi connectivity index (χ0) is 29.7. The molecule has 1 aliphatic carbocycles. The van der Waals surface area contributed by atoms with Crippen LogP contribution in [0.5, 0.6) is 5.88 Å². The molecule has 2 N–H and O–H groups in total. The summed E-state index contributed by atoms with van der Waals surface area (Å²) in [6.45, 7) is 8.65. The zero-order valence-corrected chi connectivity index (χ0v) is 25.5. The second-order valence-corrected chi connectivity index (χ2v) is 10.4. The van der Waals surface area contributed by atoms with Crippen molar-refractivity contribution in [1.29, 1.82) is 0 Å². The largest absolute Gasteiger partial charge is 0.481 e. The number of nitrogens with zero attached hydrogens (tertiary/aromatic N) is 2. The van der Waals surface area contributed by atoms with Crippen LogP contribution < -0.4 is 15.5 Å². The summed E-state index contributed by atoms with van der Waals surface area (Å²) in [5.41, 5.74) is 10.5. The molecule has 2 amide bonds. The Hall–Kier alpha value is -3.68. The number of benzene rings is 2. The van der Waals surface area contributed by atoms with E-state index in [-0.39, 0.29) is 17.4 Å². The van der Waals surface area contributed by atoms with Gasteiger partial charge in [0.25, 0.3) is 11.8 Å². The van der Waals surface area contributed by atoms with Gasteiger partial charge in [-0.25, -0.2) is 10.4 Å². The van der Waals surface area contributed by atoms with Gasteiger partial charge >= 0.3 is 0 Å². The smallest absolute Gasteiger partial charge is 0.273 e. The Kier molecular flexibility index (Phi) is 9.84. The van der Waals surface area contributed by atoms with E-state index in [1.54, 1.807) is 20.2 Å². The molecule has 2 aliphatic rings. The topological polar surface area (TPSA) is 83.6 Å². The number of aromatic nitrogens is 1. The predicted molar refractivity (Wildman–Crippen MR) is 166 cm³/mol. The van der Waals surface area contributed by atoms with Gasteiger partial charge in [0.05, 0.1) is 17.8 Å². The Morgan fingerprint density at radius 2 is 1.85 bits per heavy atom. The van der Waals surface area contributed by atoms with Gasteiger partial charge in [-0.05, 0) is 60.4 Å². The highest BCUT2D eigenvalue weighted by molar-refractivity contribution is 6.36. The van der Waals surface area contributed by atoms with Crippen LogP contribution in [0, 0.1) is 0 Å². The number of ether oxygens (including phenoxy) is 1. The third-order valence-electron chi connectivity index (χ3n) is 7.68. The Morgan fingerprint density at radius 1 is 1.15 bits per heavy atom. The van der Waals surface area contributed by atoms with Crippen molar-refractivity contribution in [3.8, 4) is 28.3 Å². The van der Waals surface area contributed by atoms with Crippen LogP contribution in [-0.2, 0) is 22.4 Å². The summed E-state index contributed by atoms with van der Waals surface area (Å²) in [6.07, 6.45) is 5.54. The van der Waals surface area contributed by atoms with Crippen molar-refractivity contribution >= 4 is 29.1 Å². The highest BCUT2D eigenvalue weighted by atomic mass is 35.5. The molecule has 1 unspecified atom stereocenters. The van der Waals surface area contributed by atoms with Crippen molar-refractivity contribution < 1.29 is 14.3 Å². The number of hydrazine groups is 1. The van der Waals surface area contributed by atoms with Crippen LogP contribution >= 0.6 is 11.6 Å². The summed E-state index contributed by atoms with van der Waals surface area (Å²) in [5, 5.41) is 4.93. The first-order valence-corrected chi connectivity index (χ1v) is 14.7. The highest BCUT2D eigenvalue weighted by Gasteiger charge is 2.27. The van der Waals surface area contributed by atoms with Crippen LogP contribution in [-0.4, -0.2) is 42.5 Å². The predicted octanol–water partition coefficient (Wildman–Crippen LogP) is 6.95. The van der Waals surface area contributed by atoms with Gasteiger partial charge in [-0.3, -0.25) is 14.6 Å². The number of fused-ring (bicyclic) bond motifs is 1. The van der Waals surface area contributed by atoms with Crippen LogP contribution in [0.3, 0.4) is 0 Å². The number of aryl methyl sites for hydroxylation is 1. The molecule has 0 radical (unpaired) electrons. The van der Waals surface area contributed by atoms with Crippen LogP contribution in [0.4, 0.5) is 5.69 Å². The highest BCUT2D eigenvalue weighted by Crippen LogP contribution is 2.43. The van der Waals surface area contributed by atoms with Crippen molar-refractivity contribution in [2.75, 3.05) is 26.0 Å². The molecule has 3 aromatic rings. The number of anilines is 1. The fourth-order valence-corrected chi connectivity index (χ4v) is 5.76. The molecule has 2 heterocycles. The van der Waals surface area contributed by atoms with Crippen LogP contribution in [0.25, 0.3) is 22.4 Å². The number of hydrogen-bond donors (Lipinski definition) is 2. The lowest BCUT2D eigenvalue weighted by atomic mass is 9.87. The monoisotopic (exact) mass is 574 g/mol. The molecule has 8 heteroatoms. The number of nitrogens with one attached hydrogen (secondary N) is 2. The molecule has 41 heavy (non-hydrogen) atoms. The summed E-state index contributed by atoms with van der Waals surface area (Å²) in [5.74, 6) is -0.00829. The maximum atomic E-state index is 13.2. The number of pyridine rings is 1. The quantitative estimate of drug-likeness (QED) is 0.298. The van der Waals surface area contributed by atoms with E-state index in [4.69, 9.17) is 21.3 Å². The fraction of sp³-hybridized carbons (Fsp3) is 0.364. The third-order valence-corrected chi connectivity index (χ3v) is 8.09. The average Bonchev–Trinajstić information content (AvgIpc) is 3.47. The van der Waals surface area contributed by atoms with Crippen molar-refractivity contribution in [3.05, 3.63) is 75.8 Å². The molecular weight excluding hydrogens is 536 g/mol. The normalized spacial score (nSPS) is 15.0.